The number of ether oxygens (including phenoxy) is 4. The third-order valence-corrected chi connectivity index (χ3v) is 7.55. The molecule has 3 heterocycles. The summed E-state index contributed by atoms with van der Waals surface area (Å²) in [5, 5.41) is 18.2. The summed E-state index contributed by atoms with van der Waals surface area (Å²) in [7, 11) is 3.05. The fourth-order valence-electron chi connectivity index (χ4n) is 4.92. The summed E-state index contributed by atoms with van der Waals surface area (Å²) in [6.07, 6.45) is 0.370. The first-order valence-electron chi connectivity index (χ1n) is 14.0. The van der Waals surface area contributed by atoms with Crippen LogP contribution >= 0.6 is 0 Å². The molecule has 43 heavy (non-hydrogen) atoms. The molecule has 1 aromatic heterocycles. The number of rotatable bonds is 14. The Bertz CT molecular complexity index is 1290. The van der Waals surface area contributed by atoms with E-state index in [4.69, 9.17) is 29.2 Å². The number of hydrogen-bond donors (Lipinski definition) is 2. The van der Waals surface area contributed by atoms with Gasteiger partial charge in [-0.15, -0.1) is 0 Å². The maximum atomic E-state index is 12.6. The van der Waals surface area contributed by atoms with Gasteiger partial charge in [-0.05, 0) is 34.9 Å². The number of carbonyl (C=O) groups excluding carboxylic acids is 2. The standard InChI is InChI=1S/C30H37N3O10/c1-17(29(36)37)8-26(34)32-13-19-10-23(40-3)24(11-20(19)14-32)42-6-5-7-43-28-25(41-4)12-21-15-33(16-22(21)31-28)27(35)9-18(2)30(38)39/h10-12,17-18H,5-9,13-16H2,1-4H3,(H,36,37)(H,38,39). The van der Waals surface area contributed by atoms with Crippen LogP contribution in [0.15, 0.2) is 18.2 Å². The highest BCUT2D eigenvalue weighted by molar-refractivity contribution is 5.83. The first-order chi connectivity index (χ1) is 20.5. The molecule has 2 aliphatic rings. The highest BCUT2D eigenvalue weighted by Crippen LogP contribution is 2.36. The minimum absolute atomic E-state index is 0.0594. The highest BCUT2D eigenvalue weighted by atomic mass is 16.5. The predicted molar refractivity (Wildman–Crippen MR) is 151 cm³/mol. The summed E-state index contributed by atoms with van der Waals surface area (Å²) in [4.78, 5) is 55.1. The average molecular weight is 600 g/mol. The van der Waals surface area contributed by atoms with Gasteiger partial charge in [-0.3, -0.25) is 19.2 Å². The van der Waals surface area contributed by atoms with E-state index in [1.165, 1.54) is 28.1 Å². The summed E-state index contributed by atoms with van der Waals surface area (Å²) in [6.45, 7) is 4.96. The number of carbonyl (C=O) groups is 4. The van der Waals surface area contributed by atoms with Gasteiger partial charge in [0.15, 0.2) is 17.2 Å². The van der Waals surface area contributed by atoms with E-state index in [9.17, 15) is 19.2 Å². The zero-order chi connectivity index (χ0) is 31.3. The number of fused-ring (bicyclic) bond motifs is 2. The lowest BCUT2D eigenvalue weighted by Crippen LogP contribution is -2.28. The van der Waals surface area contributed by atoms with Crippen LogP contribution in [0.2, 0.25) is 0 Å². The van der Waals surface area contributed by atoms with E-state index in [2.05, 4.69) is 4.98 Å². The van der Waals surface area contributed by atoms with Crippen molar-refractivity contribution in [1.82, 2.24) is 14.8 Å². The van der Waals surface area contributed by atoms with E-state index in [1.54, 1.807) is 15.9 Å². The van der Waals surface area contributed by atoms with Crippen LogP contribution in [0.25, 0.3) is 0 Å². The Balaban J connectivity index is 1.30. The minimum atomic E-state index is -1.01. The van der Waals surface area contributed by atoms with E-state index in [0.29, 0.717) is 61.5 Å². The molecule has 0 bridgehead atoms. The molecule has 0 fully saturated rings. The van der Waals surface area contributed by atoms with Crippen LogP contribution in [-0.4, -0.2) is 76.2 Å². The van der Waals surface area contributed by atoms with E-state index in [-0.39, 0.29) is 37.8 Å². The van der Waals surface area contributed by atoms with Crippen LogP contribution in [0, 0.1) is 11.8 Å². The van der Waals surface area contributed by atoms with Crippen molar-refractivity contribution in [3.63, 3.8) is 0 Å². The average Bonchev–Trinajstić information content (AvgIpc) is 3.59. The van der Waals surface area contributed by atoms with Crippen molar-refractivity contribution < 1.29 is 48.3 Å². The number of carboxylic acid groups (broad SMARTS) is 2. The normalized spacial score (nSPS) is 14.9. The molecule has 0 spiro atoms. The molecule has 2 atom stereocenters. The number of carboxylic acids is 2. The molecule has 13 nitrogen and oxygen atoms in total. The smallest absolute Gasteiger partial charge is 0.306 e. The fraction of sp³-hybridized carbons (Fsp3) is 0.500. The number of benzene rings is 1. The van der Waals surface area contributed by atoms with E-state index < -0.39 is 23.8 Å². The largest absolute Gasteiger partial charge is 0.493 e. The maximum absolute atomic E-state index is 12.6. The second kappa shape index (κ2) is 13.6. The summed E-state index contributed by atoms with van der Waals surface area (Å²) in [5.74, 6) is -2.20. The van der Waals surface area contributed by atoms with Crippen LogP contribution in [-0.2, 0) is 45.4 Å². The zero-order valence-electron chi connectivity index (χ0n) is 24.8. The van der Waals surface area contributed by atoms with Gasteiger partial charge in [0.1, 0.15) is 0 Å². The summed E-state index contributed by atoms with van der Waals surface area (Å²) in [6, 6.07) is 5.47. The van der Waals surface area contributed by atoms with Crippen LogP contribution in [0.5, 0.6) is 23.1 Å². The summed E-state index contributed by atoms with van der Waals surface area (Å²) >= 11 is 0. The van der Waals surface area contributed by atoms with Gasteiger partial charge in [-0.1, -0.05) is 13.8 Å². The molecular formula is C30H37N3O10. The van der Waals surface area contributed by atoms with Gasteiger partial charge in [0.2, 0.25) is 11.8 Å². The van der Waals surface area contributed by atoms with Gasteiger partial charge in [0.05, 0.1) is 51.5 Å². The number of hydrogen-bond acceptors (Lipinski definition) is 9. The molecule has 2 aromatic rings. The number of pyridine rings is 1. The van der Waals surface area contributed by atoms with E-state index >= 15 is 0 Å². The molecule has 232 valence electrons. The van der Waals surface area contributed by atoms with Crippen molar-refractivity contribution in [1.29, 1.82) is 0 Å². The monoisotopic (exact) mass is 599 g/mol. The third-order valence-electron chi connectivity index (χ3n) is 7.55. The Labute approximate surface area is 249 Å². The van der Waals surface area contributed by atoms with E-state index in [1.807, 2.05) is 12.1 Å². The molecular weight excluding hydrogens is 562 g/mol. The second-order valence-corrected chi connectivity index (χ2v) is 10.8. The molecule has 13 heteroatoms. The highest BCUT2D eigenvalue weighted by Gasteiger charge is 2.30. The molecule has 2 aliphatic heterocycles. The minimum Gasteiger partial charge on any atom is -0.493 e. The lowest BCUT2D eigenvalue weighted by atomic mass is 10.1. The van der Waals surface area contributed by atoms with Gasteiger partial charge >= 0.3 is 11.9 Å². The van der Waals surface area contributed by atoms with Gasteiger partial charge < -0.3 is 39.0 Å². The molecule has 0 aliphatic carbocycles. The van der Waals surface area contributed by atoms with Gasteiger partial charge in [0.25, 0.3) is 5.88 Å². The SMILES string of the molecule is COc1cc2c(cc1OCCCOc1nc3c(cc1OC)CN(C(=O)CC(C)C(=O)O)C3)CN(C(=O)CC(C)C(=O)O)C2. The molecule has 2 amide bonds. The van der Waals surface area contributed by atoms with E-state index in [0.717, 1.165) is 16.7 Å². The van der Waals surface area contributed by atoms with Crippen LogP contribution in [0.1, 0.15) is 55.5 Å². The Morgan fingerprint density at radius 2 is 1.23 bits per heavy atom. The lowest BCUT2D eigenvalue weighted by Gasteiger charge is -2.16. The second-order valence-electron chi connectivity index (χ2n) is 10.8. The number of nitrogens with zero attached hydrogens (tertiary/aromatic N) is 3. The van der Waals surface area contributed by atoms with Gasteiger partial charge in [0, 0.05) is 38.9 Å². The number of aromatic nitrogens is 1. The predicted octanol–water partition coefficient (Wildman–Crippen LogP) is 2.85. The topological polar surface area (TPSA) is 165 Å². The molecule has 2 N–H and O–H groups in total. The van der Waals surface area contributed by atoms with Gasteiger partial charge in [-0.25, -0.2) is 4.98 Å². The van der Waals surface area contributed by atoms with Crippen molar-refractivity contribution in [3.8, 4) is 23.1 Å². The number of amides is 2. The Morgan fingerprint density at radius 1 is 0.744 bits per heavy atom. The van der Waals surface area contributed by atoms with Gasteiger partial charge in [-0.2, -0.15) is 0 Å². The van der Waals surface area contributed by atoms with Crippen molar-refractivity contribution in [2.24, 2.45) is 11.8 Å². The first kappa shape index (κ1) is 31.4. The third kappa shape index (κ3) is 7.46. The van der Waals surface area contributed by atoms with Crippen LogP contribution in [0.4, 0.5) is 0 Å². The van der Waals surface area contributed by atoms with Crippen LogP contribution < -0.4 is 18.9 Å². The Morgan fingerprint density at radius 3 is 1.79 bits per heavy atom. The Kier molecular flexibility index (Phi) is 9.94. The summed E-state index contributed by atoms with van der Waals surface area (Å²) in [5.41, 5.74) is 3.34. The van der Waals surface area contributed by atoms with Crippen molar-refractivity contribution in [3.05, 3.63) is 40.6 Å². The number of aliphatic carboxylic acids is 2. The molecule has 0 radical (unpaired) electrons. The molecule has 2 unspecified atom stereocenters. The maximum Gasteiger partial charge on any atom is 0.306 e. The van der Waals surface area contributed by atoms with Crippen molar-refractivity contribution in [2.75, 3.05) is 27.4 Å². The summed E-state index contributed by atoms with van der Waals surface area (Å²) < 4.78 is 22.8. The lowest BCUT2D eigenvalue weighted by molar-refractivity contribution is -0.145. The first-order valence-corrected chi connectivity index (χ1v) is 14.0. The van der Waals surface area contributed by atoms with Crippen molar-refractivity contribution >= 4 is 23.8 Å². The quantitative estimate of drug-likeness (QED) is 0.307. The van der Waals surface area contributed by atoms with Crippen molar-refractivity contribution in [2.45, 2.75) is 59.3 Å². The molecule has 1 aromatic carbocycles. The molecule has 0 saturated carbocycles. The Hall–Kier alpha value is -4.55. The molecule has 0 saturated heterocycles. The zero-order valence-corrected chi connectivity index (χ0v) is 24.8. The van der Waals surface area contributed by atoms with Crippen LogP contribution in [0.3, 0.4) is 0 Å². The number of methoxy groups -OCH3 is 2. The molecule has 4 rings (SSSR count). The fourth-order valence-corrected chi connectivity index (χ4v) is 4.92.